The molecule has 0 aliphatic rings. The highest BCUT2D eigenvalue weighted by atomic mass is 16.6. The van der Waals surface area contributed by atoms with Crippen molar-refractivity contribution >= 4 is 23.0 Å². The van der Waals surface area contributed by atoms with E-state index in [-0.39, 0.29) is 48.7 Å². The summed E-state index contributed by atoms with van der Waals surface area (Å²) in [5.74, 6) is -0.201. The molecule has 0 heterocycles. The van der Waals surface area contributed by atoms with Crippen LogP contribution in [0.15, 0.2) is 18.2 Å². The Hall–Kier alpha value is -2.83. The van der Waals surface area contributed by atoms with Crippen molar-refractivity contribution in [2.75, 3.05) is 58.1 Å². The smallest absolute Gasteiger partial charge is 0.308 e. The van der Waals surface area contributed by atoms with Crippen LogP contribution in [0.5, 0.6) is 0 Å². The van der Waals surface area contributed by atoms with Crippen LogP contribution in [0.25, 0.3) is 0 Å². The number of benzene rings is 1. The summed E-state index contributed by atoms with van der Waals surface area (Å²) in [6.07, 6.45) is 3.71. The molecule has 0 saturated heterocycles. The Morgan fingerprint density at radius 3 is 2.12 bits per heavy atom. The van der Waals surface area contributed by atoms with Gasteiger partial charge in [0.15, 0.2) is 0 Å². The Bertz CT molecular complexity index is 761. The van der Waals surface area contributed by atoms with E-state index in [2.05, 4.69) is 12.2 Å². The number of nitrogens with one attached hydrogen (secondary N) is 1. The van der Waals surface area contributed by atoms with E-state index in [0.29, 0.717) is 33.0 Å². The van der Waals surface area contributed by atoms with Gasteiger partial charge in [-0.1, -0.05) is 26.7 Å². The maximum atomic E-state index is 12.0. The van der Waals surface area contributed by atoms with E-state index in [4.69, 9.17) is 18.9 Å². The van der Waals surface area contributed by atoms with Crippen molar-refractivity contribution in [1.82, 2.24) is 0 Å². The fourth-order valence-corrected chi connectivity index (χ4v) is 2.99. The molecule has 1 unspecified atom stereocenters. The van der Waals surface area contributed by atoms with Crippen LogP contribution in [0, 0.1) is 26.1 Å². The number of hydrogen-bond donors (Lipinski definition) is 1. The molecule has 0 radical (unpaired) electrons. The summed E-state index contributed by atoms with van der Waals surface area (Å²) in [6, 6.07) is 3.42. The van der Waals surface area contributed by atoms with E-state index >= 15 is 0 Å². The van der Waals surface area contributed by atoms with E-state index in [0.717, 1.165) is 31.7 Å². The number of non-ortho nitro benzene ring substituents is 1. The second-order valence-corrected chi connectivity index (χ2v) is 7.39. The van der Waals surface area contributed by atoms with Crippen LogP contribution in [-0.4, -0.2) is 68.6 Å². The van der Waals surface area contributed by atoms with Gasteiger partial charge >= 0.3 is 5.97 Å². The van der Waals surface area contributed by atoms with Gasteiger partial charge < -0.3 is 24.3 Å². The molecule has 1 rings (SSSR count). The van der Waals surface area contributed by atoms with Crippen LogP contribution in [-0.2, 0) is 23.7 Å². The molecule has 0 aliphatic heterocycles. The monoisotopic (exact) mass is 485 g/mol. The molecule has 0 amide bonds. The molecule has 0 bridgehead atoms. The first-order valence-electron chi connectivity index (χ1n) is 11.5. The summed E-state index contributed by atoms with van der Waals surface area (Å²) in [5, 5.41) is 24.7. The summed E-state index contributed by atoms with van der Waals surface area (Å²) >= 11 is 0. The maximum absolute atomic E-state index is 12.0. The summed E-state index contributed by atoms with van der Waals surface area (Å²) in [7, 11) is 0. The minimum absolute atomic E-state index is 0.0391. The minimum atomic E-state index is -0.684. The zero-order valence-electron chi connectivity index (χ0n) is 19.9. The van der Waals surface area contributed by atoms with Crippen LogP contribution >= 0.6 is 0 Å². The molecular formula is C22H35N3O9. The van der Waals surface area contributed by atoms with Gasteiger partial charge in [-0.25, -0.2) is 0 Å². The van der Waals surface area contributed by atoms with Gasteiger partial charge in [-0.2, -0.15) is 0 Å². The number of esters is 1. The highest BCUT2D eigenvalue weighted by molar-refractivity contribution is 5.72. The van der Waals surface area contributed by atoms with Gasteiger partial charge in [-0.15, -0.1) is 0 Å². The number of nitro benzene ring substituents is 2. The molecule has 0 saturated carbocycles. The second kappa shape index (κ2) is 17.6. The van der Waals surface area contributed by atoms with Crippen LogP contribution < -0.4 is 5.32 Å². The van der Waals surface area contributed by atoms with Crippen LogP contribution in [0.3, 0.4) is 0 Å². The first-order valence-corrected chi connectivity index (χ1v) is 11.5. The Labute approximate surface area is 199 Å². The number of anilines is 1. The highest BCUT2D eigenvalue weighted by Crippen LogP contribution is 2.28. The number of carbonyl (C=O) groups is 1. The van der Waals surface area contributed by atoms with E-state index in [1.54, 1.807) is 0 Å². The topological polar surface area (TPSA) is 152 Å². The summed E-state index contributed by atoms with van der Waals surface area (Å²) in [6.45, 7) is 6.62. The normalized spacial score (nSPS) is 11.7. The number of nitrogens with zero attached hydrogens (tertiary/aromatic N) is 2. The fraction of sp³-hybridized carbons (Fsp3) is 0.682. The zero-order valence-corrected chi connectivity index (χ0v) is 19.9. The molecule has 1 aromatic carbocycles. The molecule has 0 spiro atoms. The van der Waals surface area contributed by atoms with Crippen molar-refractivity contribution < 1.29 is 33.6 Å². The first kappa shape index (κ1) is 29.2. The Morgan fingerprint density at radius 1 is 0.941 bits per heavy atom. The summed E-state index contributed by atoms with van der Waals surface area (Å²) in [4.78, 5) is 32.4. The van der Waals surface area contributed by atoms with Gasteiger partial charge in [0, 0.05) is 12.6 Å². The minimum Gasteiger partial charge on any atom is -0.463 e. The molecule has 34 heavy (non-hydrogen) atoms. The second-order valence-electron chi connectivity index (χ2n) is 7.39. The lowest BCUT2D eigenvalue weighted by Gasteiger charge is -2.13. The lowest BCUT2D eigenvalue weighted by molar-refractivity contribution is -0.393. The molecule has 0 aliphatic carbocycles. The SMILES string of the molecule is CCCCC(CC)C(=O)OCCOCCOCCOCCNc1ccc([N+](=O)[O-])cc1[N+](=O)[O-]. The van der Waals surface area contributed by atoms with E-state index in [1.165, 1.54) is 12.1 Å². The van der Waals surface area contributed by atoms with Gasteiger partial charge in [-0.05, 0) is 18.9 Å². The van der Waals surface area contributed by atoms with Crippen LogP contribution in [0.1, 0.15) is 39.5 Å². The van der Waals surface area contributed by atoms with Crippen molar-refractivity contribution in [1.29, 1.82) is 0 Å². The van der Waals surface area contributed by atoms with Crippen molar-refractivity contribution in [3.8, 4) is 0 Å². The number of hydrogen-bond acceptors (Lipinski definition) is 10. The molecular weight excluding hydrogens is 450 g/mol. The van der Waals surface area contributed by atoms with Crippen molar-refractivity contribution in [2.45, 2.75) is 39.5 Å². The van der Waals surface area contributed by atoms with Crippen molar-refractivity contribution in [3.63, 3.8) is 0 Å². The Balaban J connectivity index is 2.04. The number of rotatable bonds is 20. The lowest BCUT2D eigenvalue weighted by Crippen LogP contribution is -2.20. The third-order valence-corrected chi connectivity index (χ3v) is 4.90. The highest BCUT2D eigenvalue weighted by Gasteiger charge is 2.19. The molecule has 12 nitrogen and oxygen atoms in total. The largest absolute Gasteiger partial charge is 0.463 e. The lowest BCUT2D eigenvalue weighted by atomic mass is 10.00. The van der Waals surface area contributed by atoms with Gasteiger partial charge in [0.25, 0.3) is 11.4 Å². The molecule has 1 aromatic rings. The van der Waals surface area contributed by atoms with Gasteiger partial charge in [-0.3, -0.25) is 25.0 Å². The van der Waals surface area contributed by atoms with Crippen LogP contribution in [0.4, 0.5) is 17.1 Å². The third kappa shape index (κ3) is 11.9. The molecule has 0 aromatic heterocycles. The van der Waals surface area contributed by atoms with Gasteiger partial charge in [0.1, 0.15) is 12.3 Å². The molecule has 0 fully saturated rings. The van der Waals surface area contributed by atoms with E-state index in [9.17, 15) is 25.0 Å². The van der Waals surface area contributed by atoms with Gasteiger partial charge in [0.2, 0.25) is 0 Å². The molecule has 12 heteroatoms. The average molecular weight is 486 g/mol. The standard InChI is InChI=1S/C22H35N3O9/c1-3-5-6-18(4-2)22(26)34-16-15-33-14-13-32-12-11-31-10-9-23-20-8-7-19(24(27)28)17-21(20)25(29)30/h7-8,17-18,23H,3-6,9-16H2,1-2H3. The predicted molar refractivity (Wildman–Crippen MR) is 125 cm³/mol. The fourth-order valence-electron chi connectivity index (χ4n) is 2.99. The summed E-state index contributed by atoms with van der Waals surface area (Å²) < 4.78 is 21.4. The third-order valence-electron chi connectivity index (χ3n) is 4.90. The molecule has 1 atom stereocenters. The maximum Gasteiger partial charge on any atom is 0.308 e. The zero-order chi connectivity index (χ0) is 25.2. The van der Waals surface area contributed by atoms with Crippen LogP contribution in [0.2, 0.25) is 0 Å². The number of ether oxygens (including phenoxy) is 4. The Morgan fingerprint density at radius 2 is 1.56 bits per heavy atom. The predicted octanol–water partition coefficient (Wildman–Crippen LogP) is 3.72. The van der Waals surface area contributed by atoms with E-state index < -0.39 is 9.85 Å². The number of unbranched alkanes of at least 4 members (excludes halogenated alkanes) is 1. The number of carbonyl (C=O) groups excluding carboxylic acids is 1. The average Bonchev–Trinajstić information content (AvgIpc) is 2.82. The molecule has 192 valence electrons. The number of nitro groups is 2. The Kier molecular flexibility index (Phi) is 15.1. The summed E-state index contributed by atoms with van der Waals surface area (Å²) in [5.41, 5.74) is -0.526. The quantitative estimate of drug-likeness (QED) is 0.125. The first-order chi connectivity index (χ1) is 16.4. The van der Waals surface area contributed by atoms with Crippen molar-refractivity contribution in [3.05, 3.63) is 38.4 Å². The van der Waals surface area contributed by atoms with Crippen molar-refractivity contribution in [2.24, 2.45) is 5.92 Å². The van der Waals surface area contributed by atoms with Gasteiger partial charge in [0.05, 0.1) is 61.5 Å². The van der Waals surface area contributed by atoms with E-state index in [1.807, 2.05) is 6.92 Å². The molecule has 1 N–H and O–H groups in total.